The third kappa shape index (κ3) is 5.01. The lowest BCUT2D eigenvalue weighted by Gasteiger charge is -2.48. The maximum Gasteiger partial charge on any atom is 0.490 e. The lowest BCUT2D eigenvalue weighted by atomic mass is 9.73. The number of alkyl halides is 5. The molecular weight excluding hydrogens is 417 g/mol. The van der Waals surface area contributed by atoms with Gasteiger partial charge in [-0.05, 0) is 30.4 Å². The second-order valence-corrected chi connectivity index (χ2v) is 7.04. The van der Waals surface area contributed by atoms with Crippen LogP contribution in [0, 0.1) is 5.41 Å². The molecule has 0 unspecified atom stereocenters. The number of aliphatic carboxylic acids is 1. The van der Waals surface area contributed by atoms with Crippen LogP contribution < -0.4 is 10.2 Å². The van der Waals surface area contributed by atoms with E-state index in [2.05, 4.69) is 25.4 Å². The maximum absolute atomic E-state index is 12.5. The molecule has 4 rings (SSSR count). The predicted molar refractivity (Wildman–Crippen MR) is 92.9 cm³/mol. The van der Waals surface area contributed by atoms with Crippen molar-refractivity contribution in [2.45, 2.75) is 25.4 Å². The Labute approximate surface area is 167 Å². The molecule has 2 fully saturated rings. The molecule has 2 N–H and O–H groups in total. The molecule has 13 heteroatoms. The van der Waals surface area contributed by atoms with E-state index in [1.807, 2.05) is 6.07 Å². The number of carboxylic acids is 1. The SMILES string of the molecule is FC(F)c1nnc(-c2ccc(N3CCC4(CC3)CNC4)nc2)o1.O=C(O)C(F)(F)F. The highest BCUT2D eigenvalue weighted by Gasteiger charge is 2.40. The Morgan fingerprint density at radius 3 is 2.23 bits per heavy atom. The first-order chi connectivity index (χ1) is 14.1. The number of hydrogen-bond donors (Lipinski definition) is 2. The number of aromatic nitrogens is 3. The summed E-state index contributed by atoms with van der Waals surface area (Å²) < 4.78 is 61.6. The number of anilines is 1. The van der Waals surface area contributed by atoms with Crippen LogP contribution in [0.15, 0.2) is 22.7 Å². The van der Waals surface area contributed by atoms with Gasteiger partial charge in [0.1, 0.15) is 5.82 Å². The number of halogens is 5. The maximum atomic E-state index is 12.5. The molecule has 8 nitrogen and oxygen atoms in total. The van der Waals surface area contributed by atoms with Crippen molar-refractivity contribution in [3.05, 3.63) is 24.2 Å². The lowest BCUT2D eigenvalue weighted by Crippen LogP contribution is -2.58. The number of carboxylic acid groups (broad SMARTS) is 1. The third-order valence-electron chi connectivity index (χ3n) is 5.01. The number of nitrogens with one attached hydrogen (secondary N) is 1. The molecule has 2 aromatic heterocycles. The number of carbonyl (C=O) groups is 1. The number of rotatable bonds is 3. The van der Waals surface area contributed by atoms with E-state index in [0.717, 1.165) is 32.0 Å². The Hall–Kier alpha value is -2.83. The third-order valence-corrected chi connectivity index (χ3v) is 5.01. The largest absolute Gasteiger partial charge is 0.490 e. The van der Waals surface area contributed by atoms with Crippen LogP contribution in [0.1, 0.15) is 25.2 Å². The van der Waals surface area contributed by atoms with Crippen molar-refractivity contribution in [3.8, 4) is 11.5 Å². The zero-order valence-electron chi connectivity index (χ0n) is 15.5. The predicted octanol–water partition coefficient (Wildman–Crippen LogP) is 2.89. The van der Waals surface area contributed by atoms with Crippen LogP contribution in [-0.4, -0.2) is 58.6 Å². The zero-order chi connectivity index (χ0) is 21.9. The van der Waals surface area contributed by atoms with Gasteiger partial charge in [-0.2, -0.15) is 22.0 Å². The minimum absolute atomic E-state index is 0.0671. The van der Waals surface area contributed by atoms with Gasteiger partial charge in [-0.1, -0.05) is 0 Å². The van der Waals surface area contributed by atoms with E-state index in [9.17, 15) is 22.0 Å². The molecule has 0 saturated carbocycles. The number of hydrogen-bond acceptors (Lipinski definition) is 7. The molecule has 0 amide bonds. The summed E-state index contributed by atoms with van der Waals surface area (Å²) in [5.41, 5.74) is 1.04. The van der Waals surface area contributed by atoms with Gasteiger partial charge in [0.25, 0.3) is 5.89 Å². The van der Waals surface area contributed by atoms with Crippen molar-refractivity contribution in [1.82, 2.24) is 20.5 Å². The first-order valence-corrected chi connectivity index (χ1v) is 8.93. The molecule has 164 valence electrons. The minimum Gasteiger partial charge on any atom is -0.475 e. The molecule has 0 aliphatic carbocycles. The smallest absolute Gasteiger partial charge is 0.475 e. The fourth-order valence-electron chi connectivity index (χ4n) is 3.18. The molecule has 1 spiro atoms. The second-order valence-electron chi connectivity index (χ2n) is 7.04. The van der Waals surface area contributed by atoms with Gasteiger partial charge in [-0.3, -0.25) is 0 Å². The molecule has 2 aliphatic heterocycles. The van der Waals surface area contributed by atoms with E-state index in [0.29, 0.717) is 11.0 Å². The van der Waals surface area contributed by atoms with Crippen molar-refractivity contribution in [2.75, 3.05) is 31.1 Å². The summed E-state index contributed by atoms with van der Waals surface area (Å²) in [6, 6.07) is 3.65. The Morgan fingerprint density at radius 1 is 1.20 bits per heavy atom. The van der Waals surface area contributed by atoms with E-state index in [1.54, 1.807) is 12.3 Å². The monoisotopic (exact) mass is 435 g/mol. The molecule has 2 saturated heterocycles. The van der Waals surface area contributed by atoms with Gasteiger partial charge in [0.2, 0.25) is 5.89 Å². The Kier molecular flexibility index (Phi) is 6.19. The highest BCUT2D eigenvalue weighted by Crippen LogP contribution is 2.36. The number of pyridine rings is 1. The van der Waals surface area contributed by atoms with Crippen molar-refractivity contribution in [3.63, 3.8) is 0 Å². The van der Waals surface area contributed by atoms with Gasteiger partial charge in [0, 0.05) is 32.4 Å². The van der Waals surface area contributed by atoms with Gasteiger partial charge < -0.3 is 19.7 Å². The summed E-state index contributed by atoms with van der Waals surface area (Å²) in [6.07, 6.45) is -3.91. The summed E-state index contributed by atoms with van der Waals surface area (Å²) in [6.45, 7) is 4.22. The van der Waals surface area contributed by atoms with Gasteiger partial charge in [0.15, 0.2) is 0 Å². The highest BCUT2D eigenvalue weighted by molar-refractivity contribution is 5.73. The summed E-state index contributed by atoms with van der Waals surface area (Å²) >= 11 is 0. The molecular formula is C17H18F5N5O3. The van der Waals surface area contributed by atoms with Crippen LogP contribution in [0.2, 0.25) is 0 Å². The molecule has 2 aliphatic rings. The Bertz CT molecular complexity index is 857. The average molecular weight is 435 g/mol. The Morgan fingerprint density at radius 2 is 1.83 bits per heavy atom. The number of piperidine rings is 1. The fourth-order valence-corrected chi connectivity index (χ4v) is 3.18. The summed E-state index contributed by atoms with van der Waals surface area (Å²) in [7, 11) is 0. The van der Waals surface area contributed by atoms with Crippen LogP contribution in [0.5, 0.6) is 0 Å². The summed E-state index contributed by atoms with van der Waals surface area (Å²) in [5.74, 6) is -2.46. The van der Waals surface area contributed by atoms with Crippen molar-refractivity contribution in [1.29, 1.82) is 0 Å². The van der Waals surface area contributed by atoms with Crippen molar-refractivity contribution >= 4 is 11.8 Å². The fraction of sp³-hybridized carbons (Fsp3) is 0.529. The first kappa shape index (κ1) is 21.9. The van der Waals surface area contributed by atoms with E-state index < -0.39 is 24.5 Å². The van der Waals surface area contributed by atoms with E-state index in [-0.39, 0.29) is 5.89 Å². The molecule has 2 aromatic rings. The standard InChI is InChI=1S/C15H17F2N5O.C2HF3O2/c16-12(17)14-21-20-13(23-14)10-1-2-11(19-7-10)22-5-3-15(4-6-22)8-18-9-15;3-2(4,5)1(6)7/h1-2,7,12,18H,3-6,8-9H2;(H,6,7). The first-order valence-electron chi connectivity index (χ1n) is 8.93. The molecule has 0 aromatic carbocycles. The minimum atomic E-state index is -5.08. The van der Waals surface area contributed by atoms with Gasteiger partial charge in [0.05, 0.1) is 5.56 Å². The average Bonchev–Trinajstić information content (AvgIpc) is 3.17. The topological polar surface area (TPSA) is 104 Å². The molecule has 0 atom stereocenters. The van der Waals surface area contributed by atoms with Crippen LogP contribution in [0.25, 0.3) is 11.5 Å². The van der Waals surface area contributed by atoms with E-state index in [1.165, 1.54) is 12.8 Å². The van der Waals surface area contributed by atoms with Crippen molar-refractivity contribution in [2.24, 2.45) is 5.41 Å². The summed E-state index contributed by atoms with van der Waals surface area (Å²) in [5, 5.41) is 17.4. The van der Waals surface area contributed by atoms with E-state index >= 15 is 0 Å². The Balaban J connectivity index is 0.000000318. The highest BCUT2D eigenvalue weighted by atomic mass is 19.4. The molecule has 30 heavy (non-hydrogen) atoms. The molecule has 0 radical (unpaired) electrons. The van der Waals surface area contributed by atoms with Crippen LogP contribution in [-0.2, 0) is 4.79 Å². The van der Waals surface area contributed by atoms with Crippen LogP contribution >= 0.6 is 0 Å². The normalized spacial score (nSPS) is 18.0. The quantitative estimate of drug-likeness (QED) is 0.710. The lowest BCUT2D eigenvalue weighted by molar-refractivity contribution is -0.192. The van der Waals surface area contributed by atoms with Crippen LogP contribution in [0.4, 0.5) is 27.8 Å². The number of nitrogens with zero attached hydrogens (tertiary/aromatic N) is 4. The van der Waals surface area contributed by atoms with Gasteiger partial charge in [-0.15, -0.1) is 10.2 Å². The van der Waals surface area contributed by atoms with Crippen LogP contribution in [0.3, 0.4) is 0 Å². The zero-order valence-corrected chi connectivity index (χ0v) is 15.5. The van der Waals surface area contributed by atoms with Gasteiger partial charge in [-0.25, -0.2) is 9.78 Å². The second kappa shape index (κ2) is 8.50. The van der Waals surface area contributed by atoms with E-state index in [4.69, 9.17) is 14.3 Å². The molecule has 4 heterocycles. The van der Waals surface area contributed by atoms with Crippen molar-refractivity contribution < 1.29 is 36.3 Å². The summed E-state index contributed by atoms with van der Waals surface area (Å²) in [4.78, 5) is 15.6. The molecule has 0 bridgehead atoms. The van der Waals surface area contributed by atoms with Gasteiger partial charge >= 0.3 is 18.6 Å².